The Balaban J connectivity index is 2.28. The smallest absolute Gasteiger partial charge is 0.169 e. The van der Waals surface area contributed by atoms with E-state index < -0.39 is 11.6 Å². The number of methoxy groups -OCH3 is 1. The minimum atomic E-state index is -0.750. The predicted octanol–water partition coefficient (Wildman–Crippen LogP) is 2.98. The number of ketones is 1. The zero-order chi connectivity index (χ0) is 14.7. The van der Waals surface area contributed by atoms with E-state index in [1.165, 1.54) is 13.2 Å². The highest BCUT2D eigenvalue weighted by atomic mass is 19.1. The Labute approximate surface area is 115 Å². The minimum absolute atomic E-state index is 0.124. The molecule has 0 amide bonds. The molecule has 0 aliphatic carbocycles. The third-order valence-corrected chi connectivity index (χ3v) is 2.95. The number of carbonyl (C=O) groups is 1. The van der Waals surface area contributed by atoms with Crippen LogP contribution < -0.4 is 10.5 Å². The van der Waals surface area contributed by atoms with E-state index in [9.17, 15) is 13.6 Å². The van der Waals surface area contributed by atoms with Crippen molar-refractivity contribution in [2.45, 2.75) is 6.42 Å². The molecule has 2 rings (SSSR count). The van der Waals surface area contributed by atoms with Crippen molar-refractivity contribution in [1.82, 2.24) is 0 Å². The zero-order valence-electron chi connectivity index (χ0n) is 10.8. The van der Waals surface area contributed by atoms with Crippen molar-refractivity contribution < 1.29 is 18.3 Å². The fourth-order valence-electron chi connectivity index (χ4n) is 1.90. The van der Waals surface area contributed by atoms with Crippen LogP contribution in [0, 0.1) is 11.6 Å². The number of anilines is 1. The summed E-state index contributed by atoms with van der Waals surface area (Å²) in [6, 6.07) is 7.91. The summed E-state index contributed by atoms with van der Waals surface area (Å²) >= 11 is 0. The summed E-state index contributed by atoms with van der Waals surface area (Å²) in [5.74, 6) is -1.40. The molecule has 2 aromatic carbocycles. The van der Waals surface area contributed by atoms with Crippen LogP contribution in [-0.4, -0.2) is 12.9 Å². The largest absolute Gasteiger partial charge is 0.495 e. The number of nitrogen functional groups attached to an aromatic ring is 1. The first-order valence-electron chi connectivity index (χ1n) is 5.92. The lowest BCUT2D eigenvalue weighted by Crippen LogP contribution is -2.09. The Morgan fingerprint density at radius 3 is 2.65 bits per heavy atom. The molecule has 0 aliphatic rings. The van der Waals surface area contributed by atoms with Gasteiger partial charge in [-0.1, -0.05) is 12.1 Å². The fraction of sp³-hybridized carbons (Fsp3) is 0.133. The normalized spacial score (nSPS) is 10.3. The number of benzene rings is 2. The van der Waals surface area contributed by atoms with Gasteiger partial charge in [0.05, 0.1) is 12.8 Å². The molecule has 3 nitrogen and oxygen atoms in total. The van der Waals surface area contributed by atoms with Crippen LogP contribution in [0.25, 0.3) is 0 Å². The van der Waals surface area contributed by atoms with Crippen LogP contribution in [0.4, 0.5) is 14.5 Å². The number of hydrogen-bond acceptors (Lipinski definition) is 3. The van der Waals surface area contributed by atoms with Crippen LogP contribution in [-0.2, 0) is 6.42 Å². The van der Waals surface area contributed by atoms with Crippen LogP contribution in [0.1, 0.15) is 15.9 Å². The highest BCUT2D eigenvalue weighted by Gasteiger charge is 2.15. The monoisotopic (exact) mass is 277 g/mol. The van der Waals surface area contributed by atoms with Crippen molar-refractivity contribution in [1.29, 1.82) is 0 Å². The number of halogens is 2. The van der Waals surface area contributed by atoms with E-state index in [0.717, 1.165) is 12.1 Å². The first-order chi connectivity index (χ1) is 9.52. The van der Waals surface area contributed by atoms with Gasteiger partial charge in [-0.2, -0.15) is 0 Å². The van der Waals surface area contributed by atoms with E-state index in [1.54, 1.807) is 18.2 Å². The van der Waals surface area contributed by atoms with Crippen molar-refractivity contribution in [3.8, 4) is 5.75 Å². The van der Waals surface area contributed by atoms with Crippen molar-refractivity contribution in [3.63, 3.8) is 0 Å². The van der Waals surface area contributed by atoms with Gasteiger partial charge < -0.3 is 10.5 Å². The summed E-state index contributed by atoms with van der Waals surface area (Å²) in [6.07, 6.45) is -0.191. The Kier molecular flexibility index (Phi) is 3.98. The summed E-state index contributed by atoms with van der Waals surface area (Å²) in [5, 5.41) is 0. The molecule has 0 fully saturated rings. The zero-order valence-corrected chi connectivity index (χ0v) is 10.8. The van der Waals surface area contributed by atoms with E-state index >= 15 is 0 Å². The maximum atomic E-state index is 13.5. The summed E-state index contributed by atoms with van der Waals surface area (Å²) in [6.45, 7) is 0. The van der Waals surface area contributed by atoms with Crippen LogP contribution >= 0.6 is 0 Å². The Morgan fingerprint density at radius 2 is 2.00 bits per heavy atom. The topological polar surface area (TPSA) is 52.3 Å². The van der Waals surface area contributed by atoms with Gasteiger partial charge >= 0.3 is 0 Å². The number of rotatable bonds is 4. The highest BCUT2D eigenvalue weighted by molar-refractivity contribution is 6.03. The first-order valence-corrected chi connectivity index (χ1v) is 5.92. The summed E-state index contributed by atoms with van der Waals surface area (Å²) in [4.78, 5) is 12.1. The standard InChI is InChI=1S/C15H13F2NO2/c1-20-14-4-2-3-11(15(14)18)13(19)7-9-5-6-10(16)8-12(9)17/h2-6,8H,7,18H2,1H3. The molecule has 0 bridgehead atoms. The van der Waals surface area contributed by atoms with Gasteiger partial charge in [-0.3, -0.25) is 4.79 Å². The number of ether oxygens (including phenoxy) is 1. The molecular weight excluding hydrogens is 264 g/mol. The Morgan fingerprint density at radius 1 is 1.25 bits per heavy atom. The molecule has 104 valence electrons. The average molecular weight is 277 g/mol. The molecule has 0 radical (unpaired) electrons. The lowest BCUT2D eigenvalue weighted by atomic mass is 10.0. The minimum Gasteiger partial charge on any atom is -0.495 e. The number of hydrogen-bond donors (Lipinski definition) is 1. The number of para-hydroxylation sites is 1. The second-order valence-electron chi connectivity index (χ2n) is 4.26. The average Bonchev–Trinajstić information content (AvgIpc) is 2.42. The first kappa shape index (κ1) is 14.0. The maximum absolute atomic E-state index is 13.5. The molecule has 0 heterocycles. The van der Waals surface area contributed by atoms with Gasteiger partial charge in [-0.05, 0) is 23.8 Å². The van der Waals surface area contributed by atoms with Gasteiger partial charge in [-0.15, -0.1) is 0 Å². The molecule has 0 aromatic heterocycles. The molecule has 5 heteroatoms. The fourth-order valence-corrected chi connectivity index (χ4v) is 1.90. The van der Waals surface area contributed by atoms with E-state index in [1.807, 2.05) is 0 Å². The number of carbonyl (C=O) groups excluding carboxylic acids is 1. The van der Waals surface area contributed by atoms with Gasteiger partial charge in [-0.25, -0.2) is 8.78 Å². The van der Waals surface area contributed by atoms with Gasteiger partial charge in [0.2, 0.25) is 0 Å². The van der Waals surface area contributed by atoms with Crippen LogP contribution in [0.2, 0.25) is 0 Å². The Hall–Kier alpha value is -2.43. The summed E-state index contributed by atoms with van der Waals surface area (Å²) in [7, 11) is 1.44. The molecule has 0 saturated heterocycles. The molecule has 20 heavy (non-hydrogen) atoms. The van der Waals surface area contributed by atoms with Crippen LogP contribution in [0.15, 0.2) is 36.4 Å². The quantitative estimate of drug-likeness (QED) is 0.690. The second kappa shape index (κ2) is 5.69. The van der Waals surface area contributed by atoms with Gasteiger partial charge in [0.15, 0.2) is 5.78 Å². The molecule has 2 N–H and O–H groups in total. The molecule has 0 aliphatic heterocycles. The highest BCUT2D eigenvalue weighted by Crippen LogP contribution is 2.26. The molecule has 0 unspecified atom stereocenters. The van der Waals surface area contributed by atoms with Crippen molar-refractivity contribution >= 4 is 11.5 Å². The summed E-state index contributed by atoms with van der Waals surface area (Å²) in [5.41, 5.74) is 6.40. The molecule has 0 atom stereocenters. The lowest BCUT2D eigenvalue weighted by Gasteiger charge is -2.09. The van der Waals surface area contributed by atoms with Crippen LogP contribution in [0.5, 0.6) is 5.75 Å². The van der Waals surface area contributed by atoms with Crippen molar-refractivity contribution in [2.75, 3.05) is 12.8 Å². The summed E-state index contributed by atoms with van der Waals surface area (Å²) < 4.78 is 31.4. The van der Waals surface area contributed by atoms with E-state index in [4.69, 9.17) is 10.5 Å². The van der Waals surface area contributed by atoms with Gasteiger partial charge in [0, 0.05) is 18.1 Å². The number of Topliss-reactive ketones (excluding diaryl/α,β-unsaturated/α-hetero) is 1. The van der Waals surface area contributed by atoms with Gasteiger partial charge in [0.1, 0.15) is 17.4 Å². The third kappa shape index (κ3) is 2.77. The third-order valence-electron chi connectivity index (χ3n) is 2.95. The van der Waals surface area contributed by atoms with Crippen molar-refractivity contribution in [2.24, 2.45) is 0 Å². The van der Waals surface area contributed by atoms with E-state index in [2.05, 4.69) is 0 Å². The second-order valence-corrected chi connectivity index (χ2v) is 4.26. The van der Waals surface area contributed by atoms with Crippen molar-refractivity contribution in [3.05, 3.63) is 59.2 Å². The lowest BCUT2D eigenvalue weighted by molar-refractivity contribution is 0.0992. The molecule has 2 aromatic rings. The molecule has 0 spiro atoms. The van der Waals surface area contributed by atoms with Gasteiger partial charge in [0.25, 0.3) is 0 Å². The van der Waals surface area contributed by atoms with E-state index in [0.29, 0.717) is 5.75 Å². The molecular formula is C15H13F2NO2. The molecule has 0 saturated carbocycles. The van der Waals surface area contributed by atoms with Crippen LogP contribution in [0.3, 0.4) is 0 Å². The predicted molar refractivity (Wildman–Crippen MR) is 71.8 cm³/mol. The Bertz CT molecular complexity index is 656. The maximum Gasteiger partial charge on any atom is 0.169 e. The SMILES string of the molecule is COc1cccc(C(=O)Cc2ccc(F)cc2F)c1N. The van der Waals surface area contributed by atoms with E-state index in [-0.39, 0.29) is 29.0 Å². The number of nitrogens with two attached hydrogens (primary N) is 1.